The normalized spacial score (nSPS) is 32.2. The summed E-state index contributed by atoms with van der Waals surface area (Å²) in [7, 11) is 0. The first-order chi connectivity index (χ1) is 3.84. The number of hydrogen-bond donors (Lipinski definition) is 0. The first kappa shape index (κ1) is 5.61. The maximum absolute atomic E-state index is 2.26. The quantitative estimate of drug-likeness (QED) is 0.447. The van der Waals surface area contributed by atoms with E-state index in [0.717, 1.165) is 5.92 Å². The Bertz CT molecular complexity index is 129. The van der Waals surface area contributed by atoms with Crippen LogP contribution in [0.3, 0.4) is 0 Å². The van der Waals surface area contributed by atoms with Gasteiger partial charge in [-0.25, -0.2) is 0 Å². The van der Waals surface area contributed by atoms with Crippen molar-refractivity contribution >= 4 is 0 Å². The van der Waals surface area contributed by atoms with Gasteiger partial charge in [0.15, 0.2) is 0 Å². The van der Waals surface area contributed by atoms with E-state index < -0.39 is 0 Å². The SMILES string of the molecule is C/C=C1/C=CCC1C. The third kappa shape index (κ3) is 0.835. The van der Waals surface area contributed by atoms with Gasteiger partial charge in [0.25, 0.3) is 0 Å². The van der Waals surface area contributed by atoms with Crippen molar-refractivity contribution in [1.82, 2.24) is 0 Å². The Morgan fingerprint density at radius 2 is 2.50 bits per heavy atom. The highest BCUT2D eigenvalue weighted by Crippen LogP contribution is 2.22. The molecule has 0 saturated heterocycles. The average Bonchev–Trinajstić information content (AvgIpc) is 2.14. The molecule has 0 aromatic rings. The Labute approximate surface area is 50.9 Å². The monoisotopic (exact) mass is 108 g/mol. The highest BCUT2D eigenvalue weighted by Gasteiger charge is 2.07. The molecule has 0 aromatic carbocycles. The Balaban J connectivity index is 2.67. The van der Waals surface area contributed by atoms with Gasteiger partial charge < -0.3 is 0 Å². The van der Waals surface area contributed by atoms with E-state index in [-0.39, 0.29) is 0 Å². The van der Waals surface area contributed by atoms with Crippen LogP contribution < -0.4 is 0 Å². The zero-order valence-electron chi connectivity index (χ0n) is 5.52. The minimum absolute atomic E-state index is 0.778. The summed E-state index contributed by atoms with van der Waals surface area (Å²) in [4.78, 5) is 0. The molecule has 0 aromatic heterocycles. The number of rotatable bonds is 0. The van der Waals surface area contributed by atoms with Crippen molar-refractivity contribution in [3.63, 3.8) is 0 Å². The van der Waals surface area contributed by atoms with Crippen LogP contribution in [-0.2, 0) is 0 Å². The minimum atomic E-state index is 0.778. The van der Waals surface area contributed by atoms with Gasteiger partial charge in [-0.3, -0.25) is 0 Å². The summed E-state index contributed by atoms with van der Waals surface area (Å²) in [6.07, 6.45) is 7.87. The molecule has 0 fully saturated rings. The maximum atomic E-state index is 2.26. The van der Waals surface area contributed by atoms with Crippen molar-refractivity contribution in [3.05, 3.63) is 23.8 Å². The molecule has 0 N–H and O–H groups in total. The van der Waals surface area contributed by atoms with Crippen LogP contribution in [0, 0.1) is 5.92 Å². The fraction of sp³-hybridized carbons (Fsp3) is 0.500. The summed E-state index contributed by atoms with van der Waals surface area (Å²) < 4.78 is 0. The molecule has 8 heavy (non-hydrogen) atoms. The van der Waals surface area contributed by atoms with Crippen molar-refractivity contribution in [1.29, 1.82) is 0 Å². The largest absolute Gasteiger partial charge is 0.0842 e. The summed E-state index contributed by atoms with van der Waals surface area (Å²) in [6.45, 7) is 4.36. The van der Waals surface area contributed by atoms with Crippen molar-refractivity contribution in [2.45, 2.75) is 20.3 Å². The van der Waals surface area contributed by atoms with Gasteiger partial charge in [-0.05, 0) is 24.8 Å². The van der Waals surface area contributed by atoms with Crippen LogP contribution in [-0.4, -0.2) is 0 Å². The van der Waals surface area contributed by atoms with E-state index in [1.807, 2.05) is 0 Å². The number of hydrogen-bond acceptors (Lipinski definition) is 0. The van der Waals surface area contributed by atoms with Crippen molar-refractivity contribution in [2.24, 2.45) is 5.92 Å². The van der Waals surface area contributed by atoms with E-state index in [1.165, 1.54) is 12.0 Å². The van der Waals surface area contributed by atoms with E-state index in [2.05, 4.69) is 32.1 Å². The van der Waals surface area contributed by atoms with Crippen LogP contribution in [0.5, 0.6) is 0 Å². The van der Waals surface area contributed by atoms with Crippen molar-refractivity contribution < 1.29 is 0 Å². The smallest absolute Gasteiger partial charge is 0.0159 e. The van der Waals surface area contributed by atoms with Crippen LogP contribution in [0.1, 0.15) is 20.3 Å². The second kappa shape index (κ2) is 2.17. The van der Waals surface area contributed by atoms with Gasteiger partial charge in [0.2, 0.25) is 0 Å². The average molecular weight is 108 g/mol. The minimum Gasteiger partial charge on any atom is -0.0842 e. The molecule has 1 aliphatic carbocycles. The molecule has 0 spiro atoms. The molecule has 0 nitrogen and oxygen atoms in total. The molecular formula is C8H12. The zero-order valence-corrected chi connectivity index (χ0v) is 5.52. The molecule has 44 valence electrons. The molecular weight excluding hydrogens is 96.1 g/mol. The van der Waals surface area contributed by atoms with E-state index in [9.17, 15) is 0 Å². The summed E-state index contributed by atoms with van der Waals surface area (Å²) in [5.74, 6) is 0.778. The first-order valence-electron chi connectivity index (χ1n) is 3.17. The summed E-state index contributed by atoms with van der Waals surface area (Å²) in [5.41, 5.74) is 1.49. The lowest BCUT2D eigenvalue weighted by molar-refractivity contribution is 0.741. The standard InChI is InChI=1S/C8H12/c1-3-8-6-4-5-7(8)2/h3-4,6-7H,5H2,1-2H3/b8-3-. The van der Waals surface area contributed by atoms with Gasteiger partial charge in [0, 0.05) is 0 Å². The van der Waals surface area contributed by atoms with Gasteiger partial charge in [0.05, 0.1) is 0 Å². The highest BCUT2D eigenvalue weighted by atomic mass is 14.1. The van der Waals surface area contributed by atoms with E-state index >= 15 is 0 Å². The molecule has 1 aliphatic rings. The van der Waals surface area contributed by atoms with Gasteiger partial charge in [-0.1, -0.05) is 25.2 Å². The molecule has 1 unspecified atom stereocenters. The molecule has 1 atom stereocenters. The van der Waals surface area contributed by atoms with Crippen LogP contribution in [0.15, 0.2) is 23.8 Å². The predicted octanol–water partition coefficient (Wildman–Crippen LogP) is 2.53. The van der Waals surface area contributed by atoms with Crippen LogP contribution in [0.4, 0.5) is 0 Å². The van der Waals surface area contributed by atoms with Crippen LogP contribution in [0.2, 0.25) is 0 Å². The lowest BCUT2D eigenvalue weighted by atomic mass is 10.1. The lowest BCUT2D eigenvalue weighted by Gasteiger charge is -2.00. The third-order valence-electron chi connectivity index (χ3n) is 1.70. The maximum Gasteiger partial charge on any atom is -0.0159 e. The second-order valence-electron chi connectivity index (χ2n) is 2.33. The summed E-state index contributed by atoms with van der Waals surface area (Å²) in [6, 6.07) is 0. The van der Waals surface area contributed by atoms with E-state index in [1.54, 1.807) is 0 Å². The predicted molar refractivity (Wildman–Crippen MR) is 36.7 cm³/mol. The number of allylic oxidation sites excluding steroid dienone is 4. The Morgan fingerprint density at radius 1 is 1.75 bits per heavy atom. The topological polar surface area (TPSA) is 0 Å². The zero-order chi connectivity index (χ0) is 5.98. The van der Waals surface area contributed by atoms with Crippen LogP contribution in [0.25, 0.3) is 0 Å². The molecule has 0 aliphatic heterocycles. The molecule has 0 radical (unpaired) electrons. The molecule has 0 saturated carbocycles. The van der Waals surface area contributed by atoms with Gasteiger partial charge >= 0.3 is 0 Å². The van der Waals surface area contributed by atoms with Crippen molar-refractivity contribution in [3.8, 4) is 0 Å². The Hall–Kier alpha value is -0.520. The fourth-order valence-electron chi connectivity index (χ4n) is 1.09. The molecule has 0 bridgehead atoms. The van der Waals surface area contributed by atoms with Gasteiger partial charge in [-0.15, -0.1) is 0 Å². The summed E-state index contributed by atoms with van der Waals surface area (Å²) in [5, 5.41) is 0. The van der Waals surface area contributed by atoms with E-state index in [0.29, 0.717) is 0 Å². The third-order valence-corrected chi connectivity index (χ3v) is 1.70. The lowest BCUT2D eigenvalue weighted by Crippen LogP contribution is -1.86. The summed E-state index contributed by atoms with van der Waals surface area (Å²) >= 11 is 0. The molecule has 0 amide bonds. The molecule has 0 heteroatoms. The van der Waals surface area contributed by atoms with Crippen molar-refractivity contribution in [2.75, 3.05) is 0 Å². The first-order valence-corrected chi connectivity index (χ1v) is 3.17. The fourth-order valence-corrected chi connectivity index (χ4v) is 1.09. The molecule has 0 heterocycles. The van der Waals surface area contributed by atoms with Gasteiger partial charge in [-0.2, -0.15) is 0 Å². The van der Waals surface area contributed by atoms with Crippen LogP contribution >= 0.6 is 0 Å². The molecule has 1 rings (SSSR count). The van der Waals surface area contributed by atoms with E-state index in [4.69, 9.17) is 0 Å². The highest BCUT2D eigenvalue weighted by molar-refractivity contribution is 5.26. The Morgan fingerprint density at radius 3 is 2.75 bits per heavy atom. The Kier molecular flexibility index (Phi) is 1.52. The second-order valence-corrected chi connectivity index (χ2v) is 2.33. The van der Waals surface area contributed by atoms with Gasteiger partial charge in [0.1, 0.15) is 0 Å².